The van der Waals surface area contributed by atoms with Gasteiger partial charge in [0.15, 0.2) is 0 Å². The van der Waals surface area contributed by atoms with Crippen molar-refractivity contribution in [2.24, 2.45) is 0 Å². The summed E-state index contributed by atoms with van der Waals surface area (Å²) in [6.07, 6.45) is 0. The Hall–Kier alpha value is -2.11. The van der Waals surface area contributed by atoms with E-state index in [1.54, 1.807) is 12.1 Å². The number of rotatable bonds is 4. The summed E-state index contributed by atoms with van der Waals surface area (Å²) in [6.45, 7) is 0.371. The fraction of sp³-hybridized carbons (Fsp3) is 0.0625. The molecular weight excluding hydrogens is 320 g/mol. The molecule has 0 fully saturated rings. The molecule has 2 aromatic carbocycles. The SMILES string of the molecule is O=c1c(Sc2ccccc2Cl)c(O)[nH]n1Cc1ccccc1. The smallest absolute Gasteiger partial charge is 0.284 e. The molecule has 22 heavy (non-hydrogen) atoms. The standard InChI is InChI=1S/C16H13ClN2O2S/c17-12-8-4-5-9-13(12)22-14-15(20)18-19(16(14)21)10-11-6-2-1-3-7-11/h1-9,18,20H,10H2. The molecule has 3 rings (SSSR count). The normalized spacial score (nSPS) is 10.8. The zero-order valence-electron chi connectivity index (χ0n) is 11.5. The lowest BCUT2D eigenvalue weighted by molar-refractivity contribution is 0.432. The number of aromatic hydroxyl groups is 1. The van der Waals surface area contributed by atoms with Crippen molar-refractivity contribution in [2.75, 3.05) is 0 Å². The molecule has 0 bridgehead atoms. The summed E-state index contributed by atoms with van der Waals surface area (Å²) in [5.74, 6) is -0.147. The van der Waals surface area contributed by atoms with Crippen molar-refractivity contribution in [1.29, 1.82) is 0 Å². The van der Waals surface area contributed by atoms with Gasteiger partial charge in [0.25, 0.3) is 5.56 Å². The highest BCUT2D eigenvalue weighted by molar-refractivity contribution is 7.99. The summed E-state index contributed by atoms with van der Waals surface area (Å²) in [4.78, 5) is 13.4. The zero-order valence-corrected chi connectivity index (χ0v) is 13.1. The molecule has 1 aromatic heterocycles. The monoisotopic (exact) mass is 332 g/mol. The van der Waals surface area contributed by atoms with E-state index in [1.807, 2.05) is 42.5 Å². The maximum absolute atomic E-state index is 12.4. The van der Waals surface area contributed by atoms with Crippen LogP contribution in [0, 0.1) is 0 Å². The van der Waals surface area contributed by atoms with Gasteiger partial charge < -0.3 is 5.11 Å². The van der Waals surface area contributed by atoms with Crippen molar-refractivity contribution in [3.8, 4) is 5.88 Å². The van der Waals surface area contributed by atoms with E-state index in [0.29, 0.717) is 11.6 Å². The van der Waals surface area contributed by atoms with Crippen LogP contribution >= 0.6 is 23.4 Å². The molecule has 0 radical (unpaired) electrons. The average Bonchev–Trinajstić information content (AvgIpc) is 2.78. The van der Waals surface area contributed by atoms with E-state index in [2.05, 4.69) is 5.10 Å². The summed E-state index contributed by atoms with van der Waals surface area (Å²) < 4.78 is 1.38. The van der Waals surface area contributed by atoms with Gasteiger partial charge in [-0.1, -0.05) is 65.8 Å². The molecular formula is C16H13ClN2O2S. The number of nitrogens with one attached hydrogen (secondary N) is 1. The quantitative estimate of drug-likeness (QED) is 0.765. The van der Waals surface area contributed by atoms with E-state index >= 15 is 0 Å². The minimum absolute atomic E-state index is 0.147. The maximum atomic E-state index is 12.4. The Morgan fingerprint density at radius 3 is 2.50 bits per heavy atom. The van der Waals surface area contributed by atoms with Gasteiger partial charge in [0.2, 0.25) is 5.88 Å². The molecule has 0 spiro atoms. The second-order valence-corrected chi connectivity index (χ2v) is 6.16. The molecule has 0 aliphatic carbocycles. The third kappa shape index (κ3) is 3.05. The van der Waals surface area contributed by atoms with Gasteiger partial charge in [-0.25, -0.2) is 4.68 Å². The third-order valence-electron chi connectivity index (χ3n) is 3.13. The van der Waals surface area contributed by atoms with E-state index in [1.165, 1.54) is 4.68 Å². The Morgan fingerprint density at radius 2 is 1.77 bits per heavy atom. The molecule has 112 valence electrons. The topological polar surface area (TPSA) is 58.0 Å². The molecule has 0 saturated carbocycles. The summed E-state index contributed by atoms with van der Waals surface area (Å²) in [7, 11) is 0. The number of aromatic nitrogens is 2. The fourth-order valence-electron chi connectivity index (χ4n) is 2.06. The van der Waals surface area contributed by atoms with Crippen molar-refractivity contribution in [1.82, 2.24) is 9.78 Å². The second-order valence-electron chi connectivity index (χ2n) is 4.70. The van der Waals surface area contributed by atoms with Gasteiger partial charge in [0.1, 0.15) is 4.90 Å². The second kappa shape index (κ2) is 6.34. The van der Waals surface area contributed by atoms with Gasteiger partial charge in [0, 0.05) is 4.90 Å². The summed E-state index contributed by atoms with van der Waals surface area (Å²) >= 11 is 7.25. The molecule has 3 aromatic rings. The highest BCUT2D eigenvalue weighted by Gasteiger charge is 2.16. The van der Waals surface area contributed by atoms with Crippen molar-refractivity contribution < 1.29 is 5.11 Å². The highest BCUT2D eigenvalue weighted by atomic mass is 35.5. The van der Waals surface area contributed by atoms with E-state index in [9.17, 15) is 9.90 Å². The van der Waals surface area contributed by atoms with Crippen molar-refractivity contribution >= 4 is 23.4 Å². The summed E-state index contributed by atoms with van der Waals surface area (Å²) in [5.41, 5.74) is 0.700. The molecule has 2 N–H and O–H groups in total. The molecule has 0 aliphatic rings. The van der Waals surface area contributed by atoms with Gasteiger partial charge in [-0.3, -0.25) is 9.89 Å². The minimum atomic E-state index is -0.272. The third-order valence-corrected chi connectivity index (χ3v) is 4.72. The number of H-pyrrole nitrogens is 1. The molecule has 0 amide bonds. The van der Waals surface area contributed by atoms with E-state index in [0.717, 1.165) is 22.2 Å². The highest BCUT2D eigenvalue weighted by Crippen LogP contribution is 2.34. The van der Waals surface area contributed by atoms with Crippen LogP contribution in [0.15, 0.2) is 69.2 Å². The Bertz CT molecular complexity index is 843. The molecule has 1 heterocycles. The Labute approximate surface area is 136 Å². The first-order valence-electron chi connectivity index (χ1n) is 6.63. The Balaban J connectivity index is 1.91. The van der Waals surface area contributed by atoms with Gasteiger partial charge >= 0.3 is 0 Å². The number of benzene rings is 2. The van der Waals surface area contributed by atoms with Crippen molar-refractivity contribution in [3.63, 3.8) is 0 Å². The summed E-state index contributed by atoms with van der Waals surface area (Å²) in [5, 5.41) is 13.2. The number of hydrogen-bond acceptors (Lipinski definition) is 3. The minimum Gasteiger partial charge on any atom is -0.493 e. The molecule has 0 saturated heterocycles. The van der Waals surface area contributed by atoms with Crippen LogP contribution in [0.2, 0.25) is 5.02 Å². The Kier molecular flexibility index (Phi) is 4.27. The molecule has 6 heteroatoms. The van der Waals surface area contributed by atoms with Gasteiger partial charge in [0.05, 0.1) is 11.6 Å². The number of halogens is 1. The van der Waals surface area contributed by atoms with Crippen LogP contribution < -0.4 is 5.56 Å². The lowest BCUT2D eigenvalue weighted by atomic mass is 10.2. The van der Waals surface area contributed by atoms with E-state index < -0.39 is 0 Å². The number of hydrogen-bond donors (Lipinski definition) is 2. The fourth-order valence-corrected chi connectivity index (χ4v) is 3.18. The lowest BCUT2D eigenvalue weighted by Crippen LogP contribution is -2.18. The van der Waals surface area contributed by atoms with Gasteiger partial charge in [-0.15, -0.1) is 0 Å². The van der Waals surface area contributed by atoms with Crippen LogP contribution in [-0.4, -0.2) is 14.9 Å². The van der Waals surface area contributed by atoms with E-state index in [-0.39, 0.29) is 16.3 Å². The van der Waals surface area contributed by atoms with Crippen LogP contribution in [0.1, 0.15) is 5.56 Å². The van der Waals surface area contributed by atoms with Crippen molar-refractivity contribution in [2.45, 2.75) is 16.3 Å². The first-order valence-corrected chi connectivity index (χ1v) is 7.82. The van der Waals surface area contributed by atoms with Gasteiger partial charge in [-0.05, 0) is 17.7 Å². The van der Waals surface area contributed by atoms with Crippen LogP contribution in [0.25, 0.3) is 0 Å². The number of nitrogens with zero attached hydrogens (tertiary/aromatic N) is 1. The Morgan fingerprint density at radius 1 is 1.09 bits per heavy atom. The maximum Gasteiger partial charge on any atom is 0.284 e. The van der Waals surface area contributed by atoms with E-state index in [4.69, 9.17) is 11.6 Å². The largest absolute Gasteiger partial charge is 0.493 e. The van der Waals surface area contributed by atoms with Gasteiger partial charge in [-0.2, -0.15) is 0 Å². The van der Waals surface area contributed by atoms with Crippen LogP contribution in [-0.2, 0) is 6.54 Å². The molecule has 0 unspecified atom stereocenters. The predicted molar refractivity (Wildman–Crippen MR) is 87.8 cm³/mol. The van der Waals surface area contributed by atoms with Crippen LogP contribution in [0.3, 0.4) is 0 Å². The molecule has 0 atom stereocenters. The number of aromatic amines is 1. The molecule has 0 aliphatic heterocycles. The van der Waals surface area contributed by atoms with Crippen LogP contribution in [0.4, 0.5) is 0 Å². The predicted octanol–water partition coefficient (Wildman–Crippen LogP) is 3.73. The molecule has 4 nitrogen and oxygen atoms in total. The average molecular weight is 333 g/mol. The van der Waals surface area contributed by atoms with Crippen LogP contribution in [0.5, 0.6) is 5.88 Å². The first-order chi connectivity index (χ1) is 10.6. The first kappa shape index (κ1) is 14.8. The lowest BCUT2D eigenvalue weighted by Gasteiger charge is -2.01. The summed E-state index contributed by atoms with van der Waals surface area (Å²) in [6, 6.07) is 16.8. The van der Waals surface area contributed by atoms with Crippen molar-refractivity contribution in [3.05, 3.63) is 75.5 Å². The zero-order chi connectivity index (χ0) is 15.5.